The highest BCUT2D eigenvalue weighted by Gasteiger charge is 2.40. The van der Waals surface area contributed by atoms with E-state index >= 15 is 0 Å². The SMILES string of the molecule is O=C(NCC1CC1)C1CN(C(=O)c2cccc(Cl)c2)CC1c1ccccc1. The Balaban J connectivity index is 1.54. The van der Waals surface area contributed by atoms with Gasteiger partial charge in [-0.3, -0.25) is 9.59 Å². The Labute approximate surface area is 164 Å². The topological polar surface area (TPSA) is 49.4 Å². The number of carbonyl (C=O) groups excluding carboxylic acids is 2. The molecular formula is C22H23ClN2O2. The summed E-state index contributed by atoms with van der Waals surface area (Å²) in [5.74, 6) is 0.394. The van der Waals surface area contributed by atoms with Gasteiger partial charge in [0, 0.05) is 36.1 Å². The summed E-state index contributed by atoms with van der Waals surface area (Å²) in [7, 11) is 0. The lowest BCUT2D eigenvalue weighted by Gasteiger charge is -2.18. The highest BCUT2D eigenvalue weighted by molar-refractivity contribution is 6.30. The Morgan fingerprint density at radius 1 is 1.04 bits per heavy atom. The Morgan fingerprint density at radius 2 is 1.81 bits per heavy atom. The predicted molar refractivity (Wildman–Crippen MR) is 106 cm³/mol. The highest BCUT2D eigenvalue weighted by atomic mass is 35.5. The standard InChI is InChI=1S/C22H23ClN2O2/c23-18-8-4-7-17(11-18)22(27)25-13-19(16-5-2-1-3-6-16)20(14-25)21(26)24-12-15-9-10-15/h1-8,11,15,19-20H,9-10,12-14H2,(H,24,26). The molecule has 0 aromatic heterocycles. The van der Waals surface area contributed by atoms with Gasteiger partial charge >= 0.3 is 0 Å². The van der Waals surface area contributed by atoms with Crippen molar-refractivity contribution in [2.24, 2.45) is 11.8 Å². The number of hydrogen-bond acceptors (Lipinski definition) is 2. The van der Waals surface area contributed by atoms with Crippen molar-refractivity contribution in [3.05, 3.63) is 70.7 Å². The summed E-state index contributed by atoms with van der Waals surface area (Å²) >= 11 is 6.04. The van der Waals surface area contributed by atoms with Crippen molar-refractivity contribution in [3.8, 4) is 0 Å². The van der Waals surface area contributed by atoms with Gasteiger partial charge in [0.05, 0.1) is 5.92 Å². The third-order valence-electron chi connectivity index (χ3n) is 5.51. The van der Waals surface area contributed by atoms with E-state index < -0.39 is 0 Å². The Hall–Kier alpha value is -2.33. The molecule has 0 spiro atoms. The third kappa shape index (κ3) is 4.16. The first kappa shape index (κ1) is 18.1. The zero-order valence-corrected chi connectivity index (χ0v) is 15.9. The number of halogens is 1. The predicted octanol–water partition coefficient (Wildman–Crippen LogP) is 3.72. The first-order valence-corrected chi connectivity index (χ1v) is 9.87. The molecule has 4 nitrogen and oxygen atoms in total. The average molecular weight is 383 g/mol. The van der Waals surface area contributed by atoms with Crippen LogP contribution in [0.3, 0.4) is 0 Å². The Kier molecular flexibility index (Phi) is 5.17. The van der Waals surface area contributed by atoms with Gasteiger partial charge in [-0.25, -0.2) is 0 Å². The summed E-state index contributed by atoms with van der Waals surface area (Å²) in [6.45, 7) is 1.72. The number of carbonyl (C=O) groups is 2. The first-order valence-electron chi connectivity index (χ1n) is 9.49. The van der Waals surface area contributed by atoms with E-state index in [4.69, 9.17) is 11.6 Å². The largest absolute Gasteiger partial charge is 0.356 e. The maximum absolute atomic E-state index is 13.0. The average Bonchev–Trinajstić information content (AvgIpc) is 3.42. The Bertz CT molecular complexity index is 835. The molecule has 2 aliphatic rings. The molecule has 1 heterocycles. The van der Waals surface area contributed by atoms with E-state index in [1.165, 1.54) is 12.8 Å². The van der Waals surface area contributed by atoms with Crippen molar-refractivity contribution in [2.75, 3.05) is 19.6 Å². The molecule has 5 heteroatoms. The minimum absolute atomic E-state index is 0.00790. The van der Waals surface area contributed by atoms with Crippen molar-refractivity contribution in [3.63, 3.8) is 0 Å². The number of benzene rings is 2. The molecule has 1 aliphatic heterocycles. The second kappa shape index (κ2) is 7.73. The van der Waals surface area contributed by atoms with Crippen LogP contribution in [0.4, 0.5) is 0 Å². The van der Waals surface area contributed by atoms with Crippen LogP contribution in [0.1, 0.15) is 34.7 Å². The number of nitrogens with one attached hydrogen (secondary N) is 1. The molecule has 1 N–H and O–H groups in total. The first-order chi connectivity index (χ1) is 13.1. The summed E-state index contributed by atoms with van der Waals surface area (Å²) < 4.78 is 0. The molecule has 0 bridgehead atoms. The van der Waals surface area contributed by atoms with Crippen LogP contribution in [-0.2, 0) is 4.79 Å². The Morgan fingerprint density at radius 3 is 2.52 bits per heavy atom. The minimum Gasteiger partial charge on any atom is -0.356 e. The molecule has 1 saturated heterocycles. The van der Waals surface area contributed by atoms with Gasteiger partial charge in [-0.05, 0) is 42.5 Å². The molecule has 2 unspecified atom stereocenters. The zero-order chi connectivity index (χ0) is 18.8. The maximum atomic E-state index is 13.0. The highest BCUT2D eigenvalue weighted by Crippen LogP contribution is 2.34. The van der Waals surface area contributed by atoms with Crippen LogP contribution in [-0.4, -0.2) is 36.3 Å². The van der Waals surface area contributed by atoms with Crippen LogP contribution < -0.4 is 5.32 Å². The lowest BCUT2D eigenvalue weighted by molar-refractivity contribution is -0.125. The molecule has 2 fully saturated rings. The molecule has 2 amide bonds. The quantitative estimate of drug-likeness (QED) is 0.856. The lowest BCUT2D eigenvalue weighted by Crippen LogP contribution is -2.36. The number of rotatable bonds is 5. The van der Waals surface area contributed by atoms with Crippen LogP contribution in [0.5, 0.6) is 0 Å². The zero-order valence-electron chi connectivity index (χ0n) is 15.1. The normalized spacial score (nSPS) is 21.9. The molecule has 2 atom stereocenters. The molecule has 4 rings (SSSR count). The fourth-order valence-electron chi connectivity index (χ4n) is 3.78. The fraction of sp³-hybridized carbons (Fsp3) is 0.364. The summed E-state index contributed by atoms with van der Waals surface area (Å²) in [4.78, 5) is 27.6. The van der Waals surface area contributed by atoms with E-state index in [1.807, 2.05) is 30.3 Å². The van der Waals surface area contributed by atoms with Crippen molar-refractivity contribution in [1.29, 1.82) is 0 Å². The molecule has 2 aromatic carbocycles. The van der Waals surface area contributed by atoms with E-state index in [2.05, 4.69) is 5.32 Å². The fourth-order valence-corrected chi connectivity index (χ4v) is 3.97. The molecule has 1 saturated carbocycles. The van der Waals surface area contributed by atoms with E-state index in [9.17, 15) is 9.59 Å². The third-order valence-corrected chi connectivity index (χ3v) is 5.74. The van der Waals surface area contributed by atoms with Crippen molar-refractivity contribution < 1.29 is 9.59 Å². The van der Waals surface area contributed by atoms with Gasteiger partial charge in [-0.15, -0.1) is 0 Å². The molecule has 140 valence electrons. The number of hydrogen-bond donors (Lipinski definition) is 1. The van der Waals surface area contributed by atoms with Crippen molar-refractivity contribution >= 4 is 23.4 Å². The second-order valence-electron chi connectivity index (χ2n) is 7.53. The maximum Gasteiger partial charge on any atom is 0.253 e. The molecule has 27 heavy (non-hydrogen) atoms. The smallest absolute Gasteiger partial charge is 0.253 e. The van der Waals surface area contributed by atoms with E-state index in [-0.39, 0.29) is 23.7 Å². The van der Waals surface area contributed by atoms with Crippen LogP contribution in [0.2, 0.25) is 5.02 Å². The number of likely N-dealkylation sites (tertiary alicyclic amines) is 1. The molecule has 1 aliphatic carbocycles. The number of nitrogens with zero attached hydrogens (tertiary/aromatic N) is 1. The van der Waals surface area contributed by atoms with Crippen LogP contribution in [0.25, 0.3) is 0 Å². The van der Waals surface area contributed by atoms with Crippen molar-refractivity contribution in [1.82, 2.24) is 10.2 Å². The van der Waals surface area contributed by atoms with E-state index in [0.717, 1.165) is 12.1 Å². The van der Waals surface area contributed by atoms with Gasteiger partial charge in [-0.1, -0.05) is 48.0 Å². The number of amides is 2. The second-order valence-corrected chi connectivity index (χ2v) is 7.97. The van der Waals surface area contributed by atoms with E-state index in [0.29, 0.717) is 29.6 Å². The van der Waals surface area contributed by atoms with Gasteiger partial charge in [0.2, 0.25) is 5.91 Å². The summed E-state index contributed by atoms with van der Waals surface area (Å²) in [5, 5.41) is 3.64. The van der Waals surface area contributed by atoms with Gasteiger partial charge in [-0.2, -0.15) is 0 Å². The summed E-state index contributed by atoms with van der Waals surface area (Å²) in [6.07, 6.45) is 2.40. The monoisotopic (exact) mass is 382 g/mol. The molecule has 2 aromatic rings. The van der Waals surface area contributed by atoms with Crippen LogP contribution in [0.15, 0.2) is 54.6 Å². The minimum atomic E-state index is -0.228. The lowest BCUT2D eigenvalue weighted by atomic mass is 9.88. The van der Waals surface area contributed by atoms with Gasteiger partial charge < -0.3 is 10.2 Å². The summed E-state index contributed by atoms with van der Waals surface area (Å²) in [5.41, 5.74) is 1.67. The van der Waals surface area contributed by atoms with Gasteiger partial charge in [0.15, 0.2) is 0 Å². The molecular weight excluding hydrogens is 360 g/mol. The summed E-state index contributed by atoms with van der Waals surface area (Å²) in [6, 6.07) is 17.0. The van der Waals surface area contributed by atoms with Crippen LogP contribution in [0, 0.1) is 11.8 Å². The van der Waals surface area contributed by atoms with Crippen LogP contribution >= 0.6 is 11.6 Å². The van der Waals surface area contributed by atoms with Gasteiger partial charge in [0.25, 0.3) is 5.91 Å². The molecule has 0 radical (unpaired) electrons. The van der Waals surface area contributed by atoms with Gasteiger partial charge in [0.1, 0.15) is 0 Å². The van der Waals surface area contributed by atoms with E-state index in [1.54, 1.807) is 29.2 Å². The van der Waals surface area contributed by atoms with Crippen molar-refractivity contribution in [2.45, 2.75) is 18.8 Å².